The van der Waals surface area contributed by atoms with Crippen LogP contribution in [0.4, 0.5) is 0 Å². The molecule has 1 fully saturated rings. The maximum Gasteiger partial charge on any atom is 0.0936 e. The van der Waals surface area contributed by atoms with Crippen LogP contribution in [-0.4, -0.2) is 55.1 Å². The maximum absolute atomic E-state index is 9.78. The third-order valence-corrected chi connectivity index (χ3v) is 3.90. The molecule has 1 aliphatic rings. The first-order valence-electron chi connectivity index (χ1n) is 8.10. The molecule has 1 heterocycles. The molecule has 22 heavy (non-hydrogen) atoms. The molecule has 0 radical (unpaired) electrons. The standard InChI is InChI=1S/C18H29NO3/c1-18(2,20)9-8-15-4-6-16(7-5-15)12-19(3)13-17-14-21-10-11-22-17/h4-7,17,20H,8-14H2,1-3H3. The van der Waals surface area contributed by atoms with Crippen molar-refractivity contribution in [1.29, 1.82) is 0 Å². The van der Waals surface area contributed by atoms with Gasteiger partial charge in [-0.2, -0.15) is 0 Å². The summed E-state index contributed by atoms with van der Waals surface area (Å²) < 4.78 is 11.1. The number of nitrogens with zero attached hydrogens (tertiary/aromatic N) is 1. The maximum atomic E-state index is 9.78. The second-order valence-corrected chi connectivity index (χ2v) is 6.89. The van der Waals surface area contributed by atoms with Crippen LogP contribution in [0.25, 0.3) is 0 Å². The normalized spacial score (nSPS) is 19.6. The van der Waals surface area contributed by atoms with Gasteiger partial charge in [-0.15, -0.1) is 0 Å². The first-order chi connectivity index (χ1) is 10.4. The summed E-state index contributed by atoms with van der Waals surface area (Å²) in [4.78, 5) is 2.27. The third kappa shape index (κ3) is 6.44. The molecular weight excluding hydrogens is 278 g/mol. The van der Waals surface area contributed by atoms with Crippen LogP contribution in [0.15, 0.2) is 24.3 Å². The zero-order valence-electron chi connectivity index (χ0n) is 14.0. The summed E-state index contributed by atoms with van der Waals surface area (Å²) >= 11 is 0. The second kappa shape index (κ2) is 8.06. The van der Waals surface area contributed by atoms with Gasteiger partial charge in [0.05, 0.1) is 31.5 Å². The van der Waals surface area contributed by atoms with Crippen molar-refractivity contribution in [2.75, 3.05) is 33.4 Å². The van der Waals surface area contributed by atoms with Crippen molar-refractivity contribution in [2.24, 2.45) is 0 Å². The lowest BCUT2D eigenvalue weighted by Gasteiger charge is -2.27. The molecular formula is C18H29NO3. The van der Waals surface area contributed by atoms with E-state index < -0.39 is 5.60 Å². The minimum atomic E-state index is -0.596. The van der Waals surface area contributed by atoms with E-state index in [1.807, 2.05) is 13.8 Å². The van der Waals surface area contributed by atoms with Crippen LogP contribution < -0.4 is 0 Å². The summed E-state index contributed by atoms with van der Waals surface area (Å²) in [5.74, 6) is 0. The molecule has 1 unspecified atom stereocenters. The van der Waals surface area contributed by atoms with Crippen LogP contribution >= 0.6 is 0 Å². The molecule has 124 valence electrons. The average molecular weight is 307 g/mol. The molecule has 4 heteroatoms. The number of likely N-dealkylation sites (N-methyl/N-ethyl adjacent to an activating group) is 1. The molecule has 0 amide bonds. The van der Waals surface area contributed by atoms with Crippen molar-refractivity contribution >= 4 is 0 Å². The van der Waals surface area contributed by atoms with E-state index in [1.54, 1.807) is 0 Å². The predicted octanol–water partition coefficient (Wildman–Crippen LogP) is 2.24. The lowest BCUT2D eigenvalue weighted by molar-refractivity contribution is -0.0962. The van der Waals surface area contributed by atoms with E-state index in [1.165, 1.54) is 11.1 Å². The van der Waals surface area contributed by atoms with Crippen molar-refractivity contribution in [2.45, 2.75) is 44.9 Å². The fraction of sp³-hybridized carbons (Fsp3) is 0.667. The molecule has 0 spiro atoms. The third-order valence-electron chi connectivity index (χ3n) is 3.90. The van der Waals surface area contributed by atoms with Gasteiger partial charge in [0.1, 0.15) is 0 Å². The minimum absolute atomic E-state index is 0.185. The molecule has 2 rings (SSSR count). The molecule has 0 aromatic heterocycles. The summed E-state index contributed by atoms with van der Waals surface area (Å²) in [6.07, 6.45) is 1.88. The van der Waals surface area contributed by atoms with Gasteiger partial charge in [-0.1, -0.05) is 24.3 Å². The largest absolute Gasteiger partial charge is 0.390 e. The monoisotopic (exact) mass is 307 g/mol. The van der Waals surface area contributed by atoms with Gasteiger partial charge < -0.3 is 14.6 Å². The Hall–Kier alpha value is -0.940. The summed E-state index contributed by atoms with van der Waals surface area (Å²) in [6.45, 7) is 7.62. The summed E-state index contributed by atoms with van der Waals surface area (Å²) in [7, 11) is 2.11. The Morgan fingerprint density at radius 2 is 1.86 bits per heavy atom. The first-order valence-corrected chi connectivity index (χ1v) is 8.10. The van der Waals surface area contributed by atoms with Gasteiger partial charge in [-0.05, 0) is 44.9 Å². The fourth-order valence-electron chi connectivity index (χ4n) is 2.63. The molecule has 0 bridgehead atoms. The Morgan fingerprint density at radius 3 is 2.45 bits per heavy atom. The van der Waals surface area contributed by atoms with Crippen LogP contribution in [-0.2, 0) is 22.4 Å². The Bertz CT molecular complexity index is 433. The molecule has 1 saturated heterocycles. The molecule has 1 aliphatic heterocycles. The molecule has 1 aromatic carbocycles. The molecule has 1 N–H and O–H groups in total. The quantitative estimate of drug-likeness (QED) is 0.839. The zero-order valence-corrected chi connectivity index (χ0v) is 14.0. The van der Waals surface area contributed by atoms with Crippen molar-refractivity contribution < 1.29 is 14.6 Å². The van der Waals surface area contributed by atoms with Gasteiger partial charge in [-0.3, -0.25) is 4.90 Å². The molecule has 0 aliphatic carbocycles. The van der Waals surface area contributed by atoms with Gasteiger partial charge in [0.15, 0.2) is 0 Å². The van der Waals surface area contributed by atoms with E-state index >= 15 is 0 Å². The van der Waals surface area contributed by atoms with E-state index in [0.29, 0.717) is 19.8 Å². The topological polar surface area (TPSA) is 41.9 Å². The Labute approximate surface area is 134 Å². The van der Waals surface area contributed by atoms with E-state index in [9.17, 15) is 5.11 Å². The van der Waals surface area contributed by atoms with Gasteiger partial charge in [0.2, 0.25) is 0 Å². The highest BCUT2D eigenvalue weighted by molar-refractivity contribution is 5.22. The highest BCUT2D eigenvalue weighted by atomic mass is 16.6. The lowest BCUT2D eigenvalue weighted by atomic mass is 9.98. The highest BCUT2D eigenvalue weighted by Crippen LogP contribution is 2.14. The van der Waals surface area contributed by atoms with Gasteiger partial charge in [0, 0.05) is 13.1 Å². The van der Waals surface area contributed by atoms with Crippen molar-refractivity contribution in [3.63, 3.8) is 0 Å². The summed E-state index contributed by atoms with van der Waals surface area (Å²) in [5, 5.41) is 9.78. The van der Waals surface area contributed by atoms with Crippen LogP contribution in [0.3, 0.4) is 0 Å². The Balaban J connectivity index is 1.77. The SMILES string of the molecule is CN(Cc1ccc(CCC(C)(C)O)cc1)CC1COCCO1. The van der Waals surface area contributed by atoms with Crippen molar-refractivity contribution in [1.82, 2.24) is 4.90 Å². The number of benzene rings is 1. The van der Waals surface area contributed by atoms with E-state index in [0.717, 1.165) is 25.9 Å². The van der Waals surface area contributed by atoms with E-state index in [-0.39, 0.29) is 6.10 Å². The fourth-order valence-corrected chi connectivity index (χ4v) is 2.63. The Morgan fingerprint density at radius 1 is 1.18 bits per heavy atom. The number of hydrogen-bond acceptors (Lipinski definition) is 4. The molecule has 1 aromatic rings. The highest BCUT2D eigenvalue weighted by Gasteiger charge is 2.16. The smallest absolute Gasteiger partial charge is 0.0936 e. The van der Waals surface area contributed by atoms with Crippen LogP contribution in [0.2, 0.25) is 0 Å². The number of aliphatic hydroxyl groups is 1. The summed E-state index contributed by atoms with van der Waals surface area (Å²) in [5.41, 5.74) is 1.98. The van der Waals surface area contributed by atoms with Crippen molar-refractivity contribution in [3.8, 4) is 0 Å². The van der Waals surface area contributed by atoms with Gasteiger partial charge in [0.25, 0.3) is 0 Å². The lowest BCUT2D eigenvalue weighted by Crippen LogP contribution is -2.38. The zero-order chi connectivity index (χ0) is 16.0. The van der Waals surface area contributed by atoms with E-state index in [2.05, 4.69) is 36.2 Å². The molecule has 0 saturated carbocycles. The Kier molecular flexibility index (Phi) is 6.38. The number of hydrogen-bond donors (Lipinski definition) is 1. The number of rotatable bonds is 7. The first kappa shape index (κ1) is 17.4. The number of aryl methyl sites for hydroxylation is 1. The van der Waals surface area contributed by atoms with E-state index in [4.69, 9.17) is 9.47 Å². The minimum Gasteiger partial charge on any atom is -0.390 e. The van der Waals surface area contributed by atoms with Gasteiger partial charge in [-0.25, -0.2) is 0 Å². The number of ether oxygens (including phenoxy) is 2. The predicted molar refractivity (Wildman–Crippen MR) is 88.0 cm³/mol. The van der Waals surface area contributed by atoms with Crippen LogP contribution in [0.1, 0.15) is 31.4 Å². The van der Waals surface area contributed by atoms with Crippen LogP contribution in [0.5, 0.6) is 0 Å². The van der Waals surface area contributed by atoms with Gasteiger partial charge >= 0.3 is 0 Å². The molecule has 1 atom stereocenters. The molecule has 4 nitrogen and oxygen atoms in total. The second-order valence-electron chi connectivity index (χ2n) is 6.89. The summed E-state index contributed by atoms with van der Waals surface area (Å²) in [6, 6.07) is 8.67. The van der Waals surface area contributed by atoms with Crippen LogP contribution in [0, 0.1) is 0 Å². The van der Waals surface area contributed by atoms with Crippen molar-refractivity contribution in [3.05, 3.63) is 35.4 Å². The average Bonchev–Trinajstić information content (AvgIpc) is 2.47.